The summed E-state index contributed by atoms with van der Waals surface area (Å²) in [5.41, 5.74) is 6.09. The SMILES string of the molecule is Cc1cccc(-n2c(SCc3ccc(C(=O)N(C)C)cc3)nnc2-c2c[nH]c3ccccc23)c1. The molecule has 2 aromatic heterocycles. The van der Waals surface area contributed by atoms with E-state index in [1.165, 1.54) is 5.56 Å². The first kappa shape index (κ1) is 22.0. The van der Waals surface area contributed by atoms with Crippen molar-refractivity contribution in [3.63, 3.8) is 0 Å². The molecule has 34 heavy (non-hydrogen) atoms. The number of carbonyl (C=O) groups is 1. The molecule has 0 saturated carbocycles. The maximum atomic E-state index is 12.2. The van der Waals surface area contributed by atoms with E-state index in [4.69, 9.17) is 0 Å². The molecule has 7 heteroatoms. The van der Waals surface area contributed by atoms with E-state index in [-0.39, 0.29) is 5.91 Å². The van der Waals surface area contributed by atoms with E-state index in [1.807, 2.05) is 42.6 Å². The Labute approximate surface area is 202 Å². The summed E-state index contributed by atoms with van der Waals surface area (Å²) in [6.07, 6.45) is 2.00. The molecule has 0 aliphatic rings. The molecule has 5 aromatic rings. The number of nitrogens with zero attached hydrogens (tertiary/aromatic N) is 4. The Morgan fingerprint density at radius 2 is 1.79 bits per heavy atom. The fourth-order valence-corrected chi connectivity index (χ4v) is 4.85. The normalized spacial score (nSPS) is 11.1. The van der Waals surface area contributed by atoms with E-state index in [9.17, 15) is 4.79 Å². The molecule has 5 rings (SSSR count). The van der Waals surface area contributed by atoms with Gasteiger partial charge in [-0.25, -0.2) is 0 Å². The predicted molar refractivity (Wildman–Crippen MR) is 137 cm³/mol. The lowest BCUT2D eigenvalue weighted by Crippen LogP contribution is -2.21. The number of aryl methyl sites for hydroxylation is 1. The lowest BCUT2D eigenvalue weighted by atomic mass is 10.1. The van der Waals surface area contributed by atoms with Crippen molar-refractivity contribution in [1.29, 1.82) is 0 Å². The molecule has 0 aliphatic heterocycles. The van der Waals surface area contributed by atoms with Crippen LogP contribution < -0.4 is 0 Å². The highest BCUT2D eigenvalue weighted by atomic mass is 32.2. The molecule has 0 fully saturated rings. The summed E-state index contributed by atoms with van der Waals surface area (Å²) in [5.74, 6) is 1.52. The zero-order valence-corrected chi connectivity index (χ0v) is 20.1. The molecule has 0 saturated heterocycles. The number of para-hydroxylation sites is 1. The Balaban J connectivity index is 1.50. The highest BCUT2D eigenvalue weighted by Crippen LogP contribution is 2.33. The number of amides is 1. The van der Waals surface area contributed by atoms with Crippen LogP contribution >= 0.6 is 11.8 Å². The number of nitrogens with one attached hydrogen (secondary N) is 1. The van der Waals surface area contributed by atoms with Crippen molar-refractivity contribution in [2.45, 2.75) is 17.8 Å². The number of hydrogen-bond acceptors (Lipinski definition) is 4. The van der Waals surface area contributed by atoms with Gasteiger partial charge in [0, 0.05) is 53.8 Å². The summed E-state index contributed by atoms with van der Waals surface area (Å²) < 4.78 is 2.12. The second-order valence-corrected chi connectivity index (χ2v) is 9.36. The topological polar surface area (TPSA) is 66.8 Å². The second kappa shape index (κ2) is 9.19. The molecule has 0 bridgehead atoms. The van der Waals surface area contributed by atoms with Crippen LogP contribution in [-0.2, 0) is 5.75 Å². The Kier molecular flexibility index (Phi) is 5.94. The summed E-state index contributed by atoms with van der Waals surface area (Å²) in [4.78, 5) is 17.1. The van der Waals surface area contributed by atoms with E-state index < -0.39 is 0 Å². The number of benzene rings is 3. The second-order valence-electron chi connectivity index (χ2n) is 8.41. The summed E-state index contributed by atoms with van der Waals surface area (Å²) in [5, 5.41) is 11.1. The van der Waals surface area contributed by atoms with Gasteiger partial charge in [-0.1, -0.05) is 54.2 Å². The Morgan fingerprint density at radius 1 is 1.00 bits per heavy atom. The van der Waals surface area contributed by atoms with Gasteiger partial charge in [0.15, 0.2) is 11.0 Å². The Morgan fingerprint density at radius 3 is 2.56 bits per heavy atom. The van der Waals surface area contributed by atoms with E-state index in [1.54, 1.807) is 30.8 Å². The smallest absolute Gasteiger partial charge is 0.253 e. The molecular formula is C27H25N5OS. The molecule has 1 amide bonds. The molecule has 0 atom stereocenters. The number of rotatable bonds is 6. The number of hydrogen-bond donors (Lipinski definition) is 1. The Hall–Kier alpha value is -3.84. The summed E-state index contributed by atoms with van der Waals surface area (Å²) >= 11 is 1.63. The zero-order chi connectivity index (χ0) is 23.7. The van der Waals surface area contributed by atoms with E-state index in [0.717, 1.165) is 38.7 Å². The highest BCUT2D eigenvalue weighted by molar-refractivity contribution is 7.98. The number of H-pyrrole nitrogens is 1. The van der Waals surface area contributed by atoms with Crippen molar-refractivity contribution in [2.24, 2.45) is 0 Å². The van der Waals surface area contributed by atoms with Crippen LogP contribution in [0.3, 0.4) is 0 Å². The van der Waals surface area contributed by atoms with Crippen LogP contribution in [0.15, 0.2) is 84.1 Å². The average molecular weight is 468 g/mol. The van der Waals surface area contributed by atoms with Gasteiger partial charge in [0.25, 0.3) is 5.91 Å². The van der Waals surface area contributed by atoms with Crippen LogP contribution in [0.25, 0.3) is 28.0 Å². The summed E-state index contributed by atoms with van der Waals surface area (Å²) in [6, 6.07) is 24.3. The molecule has 0 spiro atoms. The van der Waals surface area contributed by atoms with Crippen molar-refractivity contribution in [1.82, 2.24) is 24.6 Å². The number of carbonyl (C=O) groups excluding carboxylic acids is 1. The van der Waals surface area contributed by atoms with Crippen LogP contribution in [0.2, 0.25) is 0 Å². The first-order chi connectivity index (χ1) is 16.5. The van der Waals surface area contributed by atoms with Crippen LogP contribution in [-0.4, -0.2) is 44.7 Å². The van der Waals surface area contributed by atoms with Gasteiger partial charge in [-0.2, -0.15) is 0 Å². The maximum absolute atomic E-state index is 12.2. The summed E-state index contributed by atoms with van der Waals surface area (Å²) in [7, 11) is 3.52. The van der Waals surface area contributed by atoms with Crippen molar-refractivity contribution in [3.8, 4) is 17.1 Å². The van der Waals surface area contributed by atoms with Gasteiger partial charge in [-0.15, -0.1) is 10.2 Å². The minimum Gasteiger partial charge on any atom is -0.360 e. The van der Waals surface area contributed by atoms with Gasteiger partial charge in [0.2, 0.25) is 0 Å². The molecule has 0 aliphatic carbocycles. The lowest BCUT2D eigenvalue weighted by Gasteiger charge is -2.12. The number of thioether (sulfide) groups is 1. The first-order valence-corrected chi connectivity index (χ1v) is 12.0. The molecule has 2 heterocycles. The van der Waals surface area contributed by atoms with E-state index >= 15 is 0 Å². The molecule has 170 valence electrons. The number of aromatic nitrogens is 4. The average Bonchev–Trinajstić information content (AvgIpc) is 3.46. The minimum absolute atomic E-state index is 0.00163. The third-order valence-corrected chi connectivity index (χ3v) is 6.70. The van der Waals surface area contributed by atoms with Crippen molar-refractivity contribution in [2.75, 3.05) is 14.1 Å². The summed E-state index contributed by atoms with van der Waals surface area (Å²) in [6.45, 7) is 2.09. The van der Waals surface area contributed by atoms with Crippen molar-refractivity contribution >= 4 is 28.6 Å². The zero-order valence-electron chi connectivity index (χ0n) is 19.3. The van der Waals surface area contributed by atoms with Gasteiger partial charge in [0.1, 0.15) is 0 Å². The van der Waals surface area contributed by atoms with Crippen LogP contribution in [0, 0.1) is 6.92 Å². The lowest BCUT2D eigenvalue weighted by molar-refractivity contribution is 0.0827. The minimum atomic E-state index is 0.00163. The molecule has 6 nitrogen and oxygen atoms in total. The van der Waals surface area contributed by atoms with Crippen LogP contribution in [0.4, 0.5) is 0 Å². The standard InChI is InChI=1S/C27H25N5OS/c1-18-7-6-8-21(15-18)32-25(23-16-28-24-10-5-4-9-22(23)24)29-30-27(32)34-17-19-11-13-20(14-12-19)26(33)31(2)3/h4-16,28H,17H2,1-3H3. The molecule has 1 N–H and O–H groups in total. The van der Waals surface area contributed by atoms with E-state index in [2.05, 4.69) is 63.1 Å². The molecule has 0 unspecified atom stereocenters. The van der Waals surface area contributed by atoms with Gasteiger partial charge >= 0.3 is 0 Å². The quantitative estimate of drug-likeness (QED) is 0.325. The van der Waals surface area contributed by atoms with E-state index in [0.29, 0.717) is 11.3 Å². The monoisotopic (exact) mass is 467 g/mol. The largest absolute Gasteiger partial charge is 0.360 e. The first-order valence-electron chi connectivity index (χ1n) is 11.0. The molecule has 3 aromatic carbocycles. The van der Waals surface area contributed by atoms with Crippen molar-refractivity contribution in [3.05, 3.63) is 95.7 Å². The third kappa shape index (κ3) is 4.22. The predicted octanol–water partition coefficient (Wildman–Crippen LogP) is 5.72. The Bertz CT molecular complexity index is 1470. The van der Waals surface area contributed by atoms with Gasteiger partial charge in [-0.3, -0.25) is 9.36 Å². The third-order valence-electron chi connectivity index (χ3n) is 5.70. The number of aromatic amines is 1. The van der Waals surface area contributed by atoms with Crippen LogP contribution in [0.1, 0.15) is 21.5 Å². The highest BCUT2D eigenvalue weighted by Gasteiger charge is 2.19. The fraction of sp³-hybridized carbons (Fsp3) is 0.148. The van der Waals surface area contributed by atoms with Gasteiger partial charge in [0.05, 0.1) is 0 Å². The van der Waals surface area contributed by atoms with Crippen LogP contribution in [0.5, 0.6) is 0 Å². The van der Waals surface area contributed by atoms with Gasteiger partial charge in [-0.05, 0) is 48.4 Å². The fourth-order valence-electron chi connectivity index (χ4n) is 3.94. The van der Waals surface area contributed by atoms with Crippen molar-refractivity contribution < 1.29 is 4.79 Å². The molecular weight excluding hydrogens is 442 g/mol. The van der Waals surface area contributed by atoms with Gasteiger partial charge < -0.3 is 9.88 Å². The molecule has 0 radical (unpaired) electrons. The maximum Gasteiger partial charge on any atom is 0.253 e. The number of fused-ring (bicyclic) bond motifs is 1.